The van der Waals surface area contributed by atoms with Crippen LogP contribution in [-0.4, -0.2) is 19.0 Å². The number of amides is 1. The third-order valence-corrected chi connectivity index (χ3v) is 2.87. The van der Waals surface area contributed by atoms with Crippen LogP contribution in [0.1, 0.15) is 25.3 Å². The Bertz CT molecular complexity index is 351. The quantitative estimate of drug-likeness (QED) is 0.818. The van der Waals surface area contributed by atoms with E-state index in [9.17, 15) is 4.79 Å². The third kappa shape index (κ3) is 4.75. The van der Waals surface area contributed by atoms with Gasteiger partial charge in [-0.25, -0.2) is 0 Å². The Balaban J connectivity index is 2.44. The van der Waals surface area contributed by atoms with E-state index in [4.69, 9.17) is 11.6 Å². The summed E-state index contributed by atoms with van der Waals surface area (Å²) in [5.41, 5.74) is 1.05. The van der Waals surface area contributed by atoms with E-state index in [0.717, 1.165) is 18.4 Å². The van der Waals surface area contributed by atoms with Gasteiger partial charge >= 0.3 is 0 Å². The van der Waals surface area contributed by atoms with E-state index in [-0.39, 0.29) is 11.9 Å². The van der Waals surface area contributed by atoms with Crippen molar-refractivity contribution in [1.82, 2.24) is 10.6 Å². The lowest BCUT2D eigenvalue weighted by atomic mass is 10.1. The van der Waals surface area contributed by atoms with Crippen LogP contribution in [0, 0.1) is 0 Å². The number of rotatable bonds is 6. The monoisotopic (exact) mass is 254 g/mol. The molecule has 0 heterocycles. The van der Waals surface area contributed by atoms with Gasteiger partial charge in [0.2, 0.25) is 5.91 Å². The van der Waals surface area contributed by atoms with E-state index >= 15 is 0 Å². The van der Waals surface area contributed by atoms with E-state index in [1.54, 1.807) is 0 Å². The molecule has 0 fully saturated rings. The maximum absolute atomic E-state index is 11.8. The van der Waals surface area contributed by atoms with Crippen molar-refractivity contribution in [3.8, 4) is 0 Å². The summed E-state index contributed by atoms with van der Waals surface area (Å²) in [6, 6.07) is 7.37. The van der Waals surface area contributed by atoms with E-state index < -0.39 is 0 Å². The lowest BCUT2D eigenvalue weighted by molar-refractivity contribution is -0.123. The van der Waals surface area contributed by atoms with Gasteiger partial charge in [-0.2, -0.15) is 0 Å². The van der Waals surface area contributed by atoms with Crippen LogP contribution in [0.25, 0.3) is 0 Å². The lowest BCUT2D eigenvalue weighted by Gasteiger charge is -2.15. The van der Waals surface area contributed by atoms with Gasteiger partial charge in [0.1, 0.15) is 0 Å². The van der Waals surface area contributed by atoms with Gasteiger partial charge in [-0.1, -0.05) is 37.1 Å². The van der Waals surface area contributed by atoms with Crippen molar-refractivity contribution in [3.63, 3.8) is 0 Å². The van der Waals surface area contributed by atoms with Gasteiger partial charge in [0.05, 0.1) is 6.04 Å². The zero-order chi connectivity index (χ0) is 12.7. The zero-order valence-electron chi connectivity index (χ0n) is 10.3. The Labute approximate surface area is 108 Å². The van der Waals surface area contributed by atoms with Crippen LogP contribution < -0.4 is 10.6 Å². The van der Waals surface area contributed by atoms with E-state index in [1.165, 1.54) is 0 Å². The van der Waals surface area contributed by atoms with E-state index in [0.29, 0.717) is 11.6 Å². The van der Waals surface area contributed by atoms with Crippen LogP contribution in [0.3, 0.4) is 0 Å². The summed E-state index contributed by atoms with van der Waals surface area (Å²) in [7, 11) is 1.81. The lowest BCUT2D eigenvalue weighted by Crippen LogP contribution is -2.42. The first-order chi connectivity index (χ1) is 8.17. The molecule has 1 unspecified atom stereocenters. The van der Waals surface area contributed by atoms with Gasteiger partial charge in [0.25, 0.3) is 0 Å². The number of nitrogens with one attached hydrogen (secondary N) is 2. The number of halogens is 1. The second kappa shape index (κ2) is 7.30. The largest absolute Gasteiger partial charge is 0.351 e. The molecule has 94 valence electrons. The van der Waals surface area contributed by atoms with Crippen molar-refractivity contribution in [3.05, 3.63) is 34.9 Å². The minimum atomic E-state index is -0.104. The van der Waals surface area contributed by atoms with Gasteiger partial charge in [-0.15, -0.1) is 0 Å². The number of hydrogen-bond donors (Lipinski definition) is 2. The number of hydrogen-bond acceptors (Lipinski definition) is 2. The van der Waals surface area contributed by atoms with Crippen LogP contribution in [-0.2, 0) is 11.3 Å². The predicted octanol–water partition coefficient (Wildman–Crippen LogP) is 2.34. The van der Waals surface area contributed by atoms with Crippen molar-refractivity contribution in [2.75, 3.05) is 7.05 Å². The molecule has 0 saturated heterocycles. The molecule has 0 aliphatic rings. The minimum absolute atomic E-state index is 0.0456. The normalized spacial score (nSPS) is 12.2. The minimum Gasteiger partial charge on any atom is -0.351 e. The first kappa shape index (κ1) is 14.0. The van der Waals surface area contributed by atoms with Gasteiger partial charge in [-0.05, 0) is 31.2 Å². The highest BCUT2D eigenvalue weighted by atomic mass is 35.5. The summed E-state index contributed by atoms with van der Waals surface area (Å²) in [4.78, 5) is 11.8. The highest BCUT2D eigenvalue weighted by Gasteiger charge is 2.14. The van der Waals surface area contributed by atoms with Crippen molar-refractivity contribution in [1.29, 1.82) is 0 Å². The van der Waals surface area contributed by atoms with Crippen LogP contribution in [0.2, 0.25) is 5.02 Å². The van der Waals surface area contributed by atoms with Crippen LogP contribution in [0.4, 0.5) is 0 Å². The predicted molar refractivity (Wildman–Crippen MR) is 71.1 cm³/mol. The summed E-state index contributed by atoms with van der Waals surface area (Å²) in [6.45, 7) is 2.61. The molecule has 1 aromatic rings. The molecule has 17 heavy (non-hydrogen) atoms. The Kier molecular flexibility index (Phi) is 6.01. The molecule has 0 spiro atoms. The van der Waals surface area contributed by atoms with Crippen molar-refractivity contribution < 1.29 is 4.79 Å². The highest BCUT2D eigenvalue weighted by Crippen LogP contribution is 2.09. The molecule has 1 atom stereocenters. The van der Waals surface area contributed by atoms with Crippen molar-refractivity contribution in [2.45, 2.75) is 32.4 Å². The van der Waals surface area contributed by atoms with E-state index in [2.05, 4.69) is 17.6 Å². The molecule has 0 bridgehead atoms. The fourth-order valence-electron chi connectivity index (χ4n) is 1.61. The van der Waals surface area contributed by atoms with Crippen molar-refractivity contribution in [2.24, 2.45) is 0 Å². The second-order valence-corrected chi connectivity index (χ2v) is 4.41. The van der Waals surface area contributed by atoms with Gasteiger partial charge in [-0.3, -0.25) is 4.79 Å². The SMILES string of the molecule is CCCC(NC)C(=O)NCc1ccc(Cl)cc1. The zero-order valence-corrected chi connectivity index (χ0v) is 11.1. The molecule has 0 aliphatic heterocycles. The smallest absolute Gasteiger partial charge is 0.237 e. The number of likely N-dealkylation sites (N-methyl/N-ethyl adjacent to an activating group) is 1. The Morgan fingerprint density at radius 2 is 2.00 bits per heavy atom. The van der Waals surface area contributed by atoms with Crippen LogP contribution >= 0.6 is 11.6 Å². The summed E-state index contributed by atoms with van der Waals surface area (Å²) < 4.78 is 0. The number of benzene rings is 1. The maximum atomic E-state index is 11.8. The van der Waals surface area contributed by atoms with Crippen LogP contribution in [0.5, 0.6) is 0 Å². The average Bonchev–Trinajstić information content (AvgIpc) is 2.35. The Morgan fingerprint density at radius 1 is 1.35 bits per heavy atom. The summed E-state index contributed by atoms with van der Waals surface area (Å²) in [6.07, 6.45) is 1.84. The van der Waals surface area contributed by atoms with Crippen molar-refractivity contribution >= 4 is 17.5 Å². The molecule has 0 aromatic heterocycles. The first-order valence-electron chi connectivity index (χ1n) is 5.86. The topological polar surface area (TPSA) is 41.1 Å². The molecule has 1 rings (SSSR count). The molecule has 0 aliphatic carbocycles. The fraction of sp³-hybridized carbons (Fsp3) is 0.462. The third-order valence-electron chi connectivity index (χ3n) is 2.62. The summed E-state index contributed by atoms with van der Waals surface area (Å²) in [5, 5.41) is 6.63. The van der Waals surface area contributed by atoms with E-state index in [1.807, 2.05) is 31.3 Å². The molecule has 2 N–H and O–H groups in total. The Hall–Kier alpha value is -1.06. The molecular formula is C13H19ClN2O. The average molecular weight is 255 g/mol. The molecule has 1 amide bonds. The summed E-state index contributed by atoms with van der Waals surface area (Å²) in [5.74, 6) is 0.0456. The molecule has 1 aromatic carbocycles. The maximum Gasteiger partial charge on any atom is 0.237 e. The fourth-order valence-corrected chi connectivity index (χ4v) is 1.74. The molecule has 0 saturated carbocycles. The molecule has 3 nitrogen and oxygen atoms in total. The second-order valence-electron chi connectivity index (χ2n) is 3.97. The van der Waals surface area contributed by atoms with Gasteiger partial charge in [0.15, 0.2) is 0 Å². The molecule has 4 heteroatoms. The standard InChI is InChI=1S/C13H19ClN2O/c1-3-4-12(15-2)13(17)16-9-10-5-7-11(14)8-6-10/h5-8,12,15H,3-4,9H2,1-2H3,(H,16,17). The Morgan fingerprint density at radius 3 is 2.53 bits per heavy atom. The first-order valence-corrected chi connectivity index (χ1v) is 6.24. The highest BCUT2D eigenvalue weighted by molar-refractivity contribution is 6.30. The molecular weight excluding hydrogens is 236 g/mol. The van der Waals surface area contributed by atoms with Gasteiger partial charge < -0.3 is 10.6 Å². The number of carbonyl (C=O) groups is 1. The number of carbonyl (C=O) groups excluding carboxylic acids is 1. The molecule has 0 radical (unpaired) electrons. The van der Waals surface area contributed by atoms with Gasteiger partial charge in [0, 0.05) is 11.6 Å². The van der Waals surface area contributed by atoms with Crippen LogP contribution in [0.15, 0.2) is 24.3 Å². The summed E-state index contributed by atoms with van der Waals surface area (Å²) >= 11 is 5.79.